The first-order chi connectivity index (χ1) is 8.87. The molecule has 0 atom stereocenters. The largest absolute Gasteiger partial charge is 0.508 e. The number of carbonyl (C=O) groups is 1. The number of aromatic hydroxyl groups is 1. The van der Waals surface area contributed by atoms with E-state index in [1.807, 2.05) is 0 Å². The Kier molecular flexibility index (Phi) is 5.62. The minimum atomic E-state index is -4.36. The first-order valence-electron chi connectivity index (χ1n) is 5.56. The van der Waals surface area contributed by atoms with Crippen molar-refractivity contribution in [3.63, 3.8) is 0 Å². The molecule has 0 radical (unpaired) electrons. The monoisotopic (exact) mass is 277 g/mol. The molecule has 0 bridgehead atoms. The predicted molar refractivity (Wildman–Crippen MR) is 61.7 cm³/mol. The van der Waals surface area contributed by atoms with Crippen molar-refractivity contribution in [3.8, 4) is 5.75 Å². The number of halogens is 3. The molecular formula is C12H14F3NO3. The Hall–Kier alpha value is -1.76. The highest BCUT2D eigenvalue weighted by atomic mass is 19.4. The number of hydrogen-bond acceptors (Lipinski definition) is 3. The first-order valence-corrected chi connectivity index (χ1v) is 5.56. The van der Waals surface area contributed by atoms with Crippen LogP contribution in [0.5, 0.6) is 5.75 Å². The number of ether oxygens (including phenoxy) is 1. The number of phenols is 1. The molecule has 0 saturated carbocycles. The fourth-order valence-corrected chi connectivity index (χ4v) is 1.36. The van der Waals surface area contributed by atoms with E-state index in [1.54, 1.807) is 12.1 Å². The molecule has 0 fully saturated rings. The summed E-state index contributed by atoms with van der Waals surface area (Å²) in [6, 6.07) is 6.19. The van der Waals surface area contributed by atoms with Crippen LogP contribution in [0.2, 0.25) is 0 Å². The van der Waals surface area contributed by atoms with Gasteiger partial charge >= 0.3 is 6.18 Å². The van der Waals surface area contributed by atoms with Crippen molar-refractivity contribution in [2.45, 2.75) is 12.6 Å². The van der Waals surface area contributed by atoms with E-state index in [0.29, 0.717) is 5.56 Å². The van der Waals surface area contributed by atoms with Crippen LogP contribution in [-0.4, -0.2) is 36.9 Å². The molecule has 7 heteroatoms. The van der Waals surface area contributed by atoms with Gasteiger partial charge in [-0.3, -0.25) is 4.79 Å². The minimum absolute atomic E-state index is 0.00767. The fourth-order valence-electron chi connectivity index (χ4n) is 1.36. The Bertz CT molecular complexity index is 421. The fraction of sp³-hybridized carbons (Fsp3) is 0.417. The number of hydrogen-bond donors (Lipinski definition) is 2. The highest BCUT2D eigenvalue weighted by Crippen LogP contribution is 2.14. The van der Waals surface area contributed by atoms with E-state index in [2.05, 4.69) is 10.1 Å². The molecule has 0 unspecified atom stereocenters. The quantitative estimate of drug-likeness (QED) is 0.777. The standard InChI is InChI=1S/C12H14F3NO3/c13-12(14,15)8-19-5-4-16-11(18)7-9-2-1-3-10(17)6-9/h1-3,6,17H,4-5,7-8H2,(H,16,18). The zero-order chi connectivity index (χ0) is 14.3. The molecule has 1 amide bonds. The predicted octanol–water partition coefficient (Wildman–Crippen LogP) is 1.63. The maximum absolute atomic E-state index is 11.7. The Balaban J connectivity index is 2.18. The SMILES string of the molecule is O=C(Cc1cccc(O)c1)NCCOCC(F)(F)F. The highest BCUT2D eigenvalue weighted by molar-refractivity contribution is 5.78. The van der Waals surface area contributed by atoms with Crippen LogP contribution in [0.25, 0.3) is 0 Å². The van der Waals surface area contributed by atoms with Crippen LogP contribution in [0.15, 0.2) is 24.3 Å². The van der Waals surface area contributed by atoms with E-state index < -0.39 is 12.8 Å². The number of rotatable bonds is 6. The maximum Gasteiger partial charge on any atom is 0.411 e. The lowest BCUT2D eigenvalue weighted by atomic mass is 10.1. The average Bonchev–Trinajstić information content (AvgIpc) is 2.26. The van der Waals surface area contributed by atoms with Gasteiger partial charge in [0.1, 0.15) is 12.4 Å². The van der Waals surface area contributed by atoms with Crippen molar-refractivity contribution in [2.75, 3.05) is 19.8 Å². The second-order valence-corrected chi connectivity index (χ2v) is 3.86. The van der Waals surface area contributed by atoms with Gasteiger partial charge in [-0.25, -0.2) is 0 Å². The lowest BCUT2D eigenvalue weighted by Crippen LogP contribution is -2.30. The van der Waals surface area contributed by atoms with Gasteiger partial charge < -0.3 is 15.2 Å². The summed E-state index contributed by atoms with van der Waals surface area (Å²) in [5.74, 6) is -0.292. The molecule has 1 rings (SSSR count). The van der Waals surface area contributed by atoms with E-state index in [-0.39, 0.29) is 31.2 Å². The van der Waals surface area contributed by atoms with Crippen molar-refractivity contribution < 1.29 is 27.8 Å². The maximum atomic E-state index is 11.7. The van der Waals surface area contributed by atoms with Gasteiger partial charge in [-0.2, -0.15) is 13.2 Å². The topological polar surface area (TPSA) is 58.6 Å². The average molecular weight is 277 g/mol. The van der Waals surface area contributed by atoms with E-state index in [9.17, 15) is 23.1 Å². The molecule has 0 aliphatic heterocycles. The number of nitrogens with one attached hydrogen (secondary N) is 1. The van der Waals surface area contributed by atoms with Crippen LogP contribution in [0, 0.1) is 0 Å². The molecule has 4 nitrogen and oxygen atoms in total. The number of carbonyl (C=O) groups excluding carboxylic acids is 1. The number of phenolic OH excluding ortho intramolecular Hbond substituents is 1. The van der Waals surface area contributed by atoms with Crippen LogP contribution in [0.3, 0.4) is 0 Å². The van der Waals surface area contributed by atoms with Crippen LogP contribution in [-0.2, 0) is 16.0 Å². The van der Waals surface area contributed by atoms with Gasteiger partial charge in [-0.05, 0) is 17.7 Å². The van der Waals surface area contributed by atoms with Crippen molar-refractivity contribution in [2.24, 2.45) is 0 Å². The zero-order valence-corrected chi connectivity index (χ0v) is 10.0. The van der Waals surface area contributed by atoms with Gasteiger partial charge in [0.15, 0.2) is 0 Å². The number of amides is 1. The molecule has 0 aliphatic carbocycles. The Morgan fingerprint density at radius 3 is 2.74 bits per heavy atom. The third-order valence-corrected chi connectivity index (χ3v) is 2.11. The zero-order valence-electron chi connectivity index (χ0n) is 10.0. The molecule has 0 heterocycles. The molecule has 106 valence electrons. The molecule has 0 saturated heterocycles. The molecule has 2 N–H and O–H groups in total. The van der Waals surface area contributed by atoms with E-state index in [0.717, 1.165) is 0 Å². The Morgan fingerprint density at radius 2 is 2.11 bits per heavy atom. The van der Waals surface area contributed by atoms with Crippen molar-refractivity contribution in [1.82, 2.24) is 5.32 Å². The summed E-state index contributed by atoms with van der Waals surface area (Å²) in [6.07, 6.45) is -4.31. The molecule has 0 spiro atoms. The van der Waals surface area contributed by atoms with Gasteiger partial charge in [0.25, 0.3) is 0 Å². The first kappa shape index (κ1) is 15.3. The van der Waals surface area contributed by atoms with Gasteiger partial charge in [0.2, 0.25) is 5.91 Å². The lowest BCUT2D eigenvalue weighted by Gasteiger charge is -2.08. The summed E-state index contributed by atoms with van der Waals surface area (Å²) in [4.78, 5) is 11.4. The Labute approximate surface area is 108 Å². The summed E-state index contributed by atoms with van der Waals surface area (Å²) in [6.45, 7) is -1.52. The molecular weight excluding hydrogens is 263 g/mol. The third kappa shape index (κ3) is 7.30. The second-order valence-electron chi connectivity index (χ2n) is 3.86. The lowest BCUT2D eigenvalue weighted by molar-refractivity contribution is -0.173. The van der Waals surface area contributed by atoms with Crippen molar-refractivity contribution >= 4 is 5.91 Å². The minimum Gasteiger partial charge on any atom is -0.508 e. The van der Waals surface area contributed by atoms with Gasteiger partial charge in [0.05, 0.1) is 13.0 Å². The molecule has 1 aromatic carbocycles. The second kappa shape index (κ2) is 6.98. The van der Waals surface area contributed by atoms with E-state index >= 15 is 0 Å². The molecule has 0 aromatic heterocycles. The van der Waals surface area contributed by atoms with Crippen LogP contribution in [0.1, 0.15) is 5.56 Å². The van der Waals surface area contributed by atoms with E-state index in [4.69, 9.17) is 0 Å². The van der Waals surface area contributed by atoms with Gasteiger partial charge in [0, 0.05) is 6.54 Å². The summed E-state index contributed by atoms with van der Waals surface area (Å²) < 4.78 is 39.5. The Morgan fingerprint density at radius 1 is 1.37 bits per heavy atom. The third-order valence-electron chi connectivity index (χ3n) is 2.11. The summed E-state index contributed by atoms with van der Waals surface area (Å²) in [5, 5.41) is 11.6. The highest BCUT2D eigenvalue weighted by Gasteiger charge is 2.27. The van der Waals surface area contributed by atoms with Gasteiger partial charge in [-0.15, -0.1) is 0 Å². The normalized spacial score (nSPS) is 11.3. The summed E-state index contributed by atoms with van der Waals surface area (Å²) >= 11 is 0. The molecule has 0 aliphatic rings. The molecule has 1 aromatic rings. The van der Waals surface area contributed by atoms with Crippen LogP contribution >= 0.6 is 0 Å². The van der Waals surface area contributed by atoms with Crippen molar-refractivity contribution in [3.05, 3.63) is 29.8 Å². The summed E-state index contributed by atoms with van der Waals surface area (Å²) in [5.41, 5.74) is 0.619. The molecule has 19 heavy (non-hydrogen) atoms. The van der Waals surface area contributed by atoms with Crippen LogP contribution in [0.4, 0.5) is 13.2 Å². The summed E-state index contributed by atoms with van der Waals surface area (Å²) in [7, 11) is 0. The van der Waals surface area contributed by atoms with E-state index in [1.165, 1.54) is 12.1 Å². The smallest absolute Gasteiger partial charge is 0.411 e. The van der Waals surface area contributed by atoms with Crippen molar-refractivity contribution in [1.29, 1.82) is 0 Å². The van der Waals surface area contributed by atoms with Crippen LogP contribution < -0.4 is 5.32 Å². The number of benzene rings is 1. The van der Waals surface area contributed by atoms with Gasteiger partial charge in [-0.1, -0.05) is 12.1 Å². The number of alkyl halides is 3.